The van der Waals surface area contributed by atoms with Gasteiger partial charge in [-0.1, -0.05) is 239 Å². The van der Waals surface area contributed by atoms with Crippen LogP contribution in [-0.4, -0.2) is 36.4 Å². The highest BCUT2D eigenvalue weighted by Gasteiger charge is 2.16. The quantitative estimate of drug-likeness (QED) is 0.0501. The topological polar surface area (TPSA) is 72.8 Å². The maximum atomic E-state index is 12.2. The van der Waals surface area contributed by atoms with Crippen molar-refractivity contribution >= 4 is 11.9 Å². The van der Waals surface area contributed by atoms with Gasteiger partial charge in [-0.05, 0) is 12.8 Å². The molecule has 1 atom stereocenters. The molecule has 5 heteroatoms. The van der Waals surface area contributed by atoms with Crippen LogP contribution in [0.1, 0.15) is 264 Å². The molecule has 0 aromatic heterocycles. The minimum absolute atomic E-state index is 0.0575. The van der Waals surface area contributed by atoms with E-state index in [1.54, 1.807) is 0 Å². The maximum Gasteiger partial charge on any atom is 0.306 e. The zero-order valence-corrected chi connectivity index (χ0v) is 34.6. The summed E-state index contributed by atoms with van der Waals surface area (Å²) in [5.74, 6) is -0.577. The van der Waals surface area contributed by atoms with Crippen molar-refractivity contribution in [2.45, 2.75) is 270 Å². The summed E-state index contributed by atoms with van der Waals surface area (Å²) in [4.78, 5) is 24.2. The average Bonchev–Trinajstić information content (AvgIpc) is 3.13. The number of rotatable bonds is 43. The van der Waals surface area contributed by atoms with E-state index in [-0.39, 0.29) is 25.2 Å². The van der Waals surface area contributed by atoms with Crippen LogP contribution in [0.15, 0.2) is 0 Å². The van der Waals surface area contributed by atoms with E-state index in [2.05, 4.69) is 13.8 Å². The third kappa shape index (κ3) is 41.5. The zero-order valence-electron chi connectivity index (χ0n) is 34.6. The molecule has 1 N–H and O–H groups in total. The summed E-state index contributed by atoms with van der Waals surface area (Å²) >= 11 is 0. The van der Waals surface area contributed by atoms with E-state index in [0.717, 1.165) is 38.5 Å². The van der Waals surface area contributed by atoms with Gasteiger partial charge in [0.05, 0.1) is 6.61 Å². The number of hydrogen-bond acceptors (Lipinski definition) is 5. The molecule has 0 aliphatic heterocycles. The summed E-state index contributed by atoms with van der Waals surface area (Å²) in [6.45, 7) is 4.15. The fraction of sp³-hybridized carbons (Fsp3) is 0.957. The lowest BCUT2D eigenvalue weighted by Gasteiger charge is -2.15. The van der Waals surface area contributed by atoms with Crippen LogP contribution in [0.3, 0.4) is 0 Å². The van der Waals surface area contributed by atoms with Gasteiger partial charge in [0.2, 0.25) is 0 Å². The molecule has 0 aromatic rings. The summed E-state index contributed by atoms with van der Waals surface area (Å²) in [6, 6.07) is 0. The second-order valence-electron chi connectivity index (χ2n) is 15.9. The fourth-order valence-electron chi connectivity index (χ4n) is 7.15. The highest BCUT2D eigenvalue weighted by molar-refractivity contribution is 5.70. The van der Waals surface area contributed by atoms with Crippen molar-refractivity contribution in [3.63, 3.8) is 0 Å². The largest absolute Gasteiger partial charge is 0.462 e. The lowest BCUT2D eigenvalue weighted by atomic mass is 10.0. The molecule has 0 saturated heterocycles. The lowest BCUT2D eigenvalue weighted by molar-refractivity contribution is -0.161. The van der Waals surface area contributed by atoms with Gasteiger partial charge >= 0.3 is 11.9 Å². The van der Waals surface area contributed by atoms with E-state index in [4.69, 9.17) is 9.47 Å². The molecule has 0 aliphatic carbocycles. The smallest absolute Gasteiger partial charge is 0.306 e. The van der Waals surface area contributed by atoms with Crippen LogP contribution in [0.2, 0.25) is 0 Å². The molecule has 0 amide bonds. The van der Waals surface area contributed by atoms with Crippen LogP contribution in [0.4, 0.5) is 0 Å². The number of hydrogen-bond donors (Lipinski definition) is 1. The van der Waals surface area contributed by atoms with Crippen LogP contribution in [0.5, 0.6) is 0 Å². The van der Waals surface area contributed by atoms with E-state index in [1.165, 1.54) is 199 Å². The molecule has 0 aliphatic rings. The Kier molecular flexibility index (Phi) is 42.4. The Hall–Kier alpha value is -1.10. The molecule has 0 fully saturated rings. The average molecular weight is 723 g/mol. The third-order valence-electron chi connectivity index (χ3n) is 10.7. The number of carbonyl (C=O) groups is 2. The molecule has 5 nitrogen and oxygen atoms in total. The van der Waals surface area contributed by atoms with Crippen molar-refractivity contribution in [3.05, 3.63) is 0 Å². The van der Waals surface area contributed by atoms with Crippen molar-refractivity contribution in [3.8, 4) is 0 Å². The Morgan fingerprint density at radius 2 is 0.608 bits per heavy atom. The highest BCUT2D eigenvalue weighted by atomic mass is 16.6. The number of carbonyl (C=O) groups excluding carboxylic acids is 2. The van der Waals surface area contributed by atoms with Gasteiger partial charge in [-0.15, -0.1) is 0 Å². The van der Waals surface area contributed by atoms with E-state index in [9.17, 15) is 14.7 Å². The number of esters is 2. The van der Waals surface area contributed by atoms with Crippen LogP contribution >= 0.6 is 0 Å². The van der Waals surface area contributed by atoms with Crippen molar-refractivity contribution in [1.29, 1.82) is 0 Å². The second-order valence-corrected chi connectivity index (χ2v) is 15.9. The standard InChI is InChI=1S/C46H90O5/c1-3-5-7-9-11-13-14-15-16-17-18-19-20-21-22-23-24-25-26-27-28-29-30-31-33-35-37-39-41-46(49)51-44(42-47)43-50-45(48)40-38-36-34-32-12-10-8-6-4-2/h44,47H,3-43H2,1-2H3. The van der Waals surface area contributed by atoms with Crippen molar-refractivity contribution in [2.24, 2.45) is 0 Å². The zero-order chi connectivity index (χ0) is 37.1. The Morgan fingerprint density at radius 1 is 0.373 bits per heavy atom. The second kappa shape index (κ2) is 43.3. The van der Waals surface area contributed by atoms with Crippen molar-refractivity contribution < 1.29 is 24.2 Å². The third-order valence-corrected chi connectivity index (χ3v) is 10.7. The number of aliphatic hydroxyl groups is 1. The molecule has 0 spiro atoms. The van der Waals surface area contributed by atoms with Crippen LogP contribution in [0, 0.1) is 0 Å². The van der Waals surface area contributed by atoms with E-state index in [0.29, 0.717) is 12.8 Å². The Morgan fingerprint density at radius 3 is 0.863 bits per heavy atom. The molecule has 0 aromatic carbocycles. The molecule has 1 unspecified atom stereocenters. The highest BCUT2D eigenvalue weighted by Crippen LogP contribution is 2.17. The fourth-order valence-corrected chi connectivity index (χ4v) is 7.15. The molecule has 51 heavy (non-hydrogen) atoms. The van der Waals surface area contributed by atoms with Gasteiger partial charge in [-0.25, -0.2) is 0 Å². The van der Waals surface area contributed by atoms with Gasteiger partial charge in [-0.3, -0.25) is 9.59 Å². The molecule has 0 bridgehead atoms. The van der Waals surface area contributed by atoms with Gasteiger partial charge in [0, 0.05) is 12.8 Å². The SMILES string of the molecule is CCCCCCCCCCCCCCCCCCCCCCCCCCCCCCC(=O)OC(CO)COC(=O)CCCCCCCCCCC. The van der Waals surface area contributed by atoms with Crippen molar-refractivity contribution in [2.75, 3.05) is 13.2 Å². The molecular formula is C46H90O5. The Bertz CT molecular complexity index is 695. The summed E-state index contributed by atoms with van der Waals surface area (Å²) in [5.41, 5.74) is 0. The van der Waals surface area contributed by atoms with Crippen molar-refractivity contribution in [1.82, 2.24) is 0 Å². The van der Waals surface area contributed by atoms with E-state index < -0.39 is 6.10 Å². The molecule has 0 heterocycles. The summed E-state index contributed by atoms with van der Waals surface area (Å²) in [7, 11) is 0. The Labute approximate surface area is 319 Å². The van der Waals surface area contributed by atoms with Gasteiger partial charge < -0.3 is 14.6 Å². The molecule has 0 radical (unpaired) electrons. The number of aliphatic hydroxyl groups excluding tert-OH is 1. The number of unbranched alkanes of at least 4 members (excludes halogenated alkanes) is 35. The monoisotopic (exact) mass is 723 g/mol. The van der Waals surface area contributed by atoms with Gasteiger partial charge in [0.15, 0.2) is 6.10 Å². The van der Waals surface area contributed by atoms with Gasteiger partial charge in [-0.2, -0.15) is 0 Å². The van der Waals surface area contributed by atoms with Crippen LogP contribution < -0.4 is 0 Å². The van der Waals surface area contributed by atoms with Crippen LogP contribution in [-0.2, 0) is 19.1 Å². The molecule has 0 rings (SSSR count). The lowest BCUT2D eigenvalue weighted by Crippen LogP contribution is -2.28. The van der Waals surface area contributed by atoms with Gasteiger partial charge in [0.1, 0.15) is 6.61 Å². The minimum atomic E-state index is -0.761. The molecular weight excluding hydrogens is 633 g/mol. The first-order valence-electron chi connectivity index (χ1n) is 23.1. The number of ether oxygens (including phenoxy) is 2. The predicted molar refractivity (Wildman–Crippen MR) is 219 cm³/mol. The van der Waals surface area contributed by atoms with E-state index >= 15 is 0 Å². The summed E-state index contributed by atoms with van der Waals surface area (Å²) < 4.78 is 10.6. The maximum absolute atomic E-state index is 12.2. The first kappa shape index (κ1) is 49.9. The van der Waals surface area contributed by atoms with Crippen LogP contribution in [0.25, 0.3) is 0 Å². The molecule has 304 valence electrons. The van der Waals surface area contributed by atoms with E-state index in [1.807, 2.05) is 0 Å². The first-order chi connectivity index (χ1) is 25.1. The predicted octanol–water partition coefficient (Wildman–Crippen LogP) is 14.7. The minimum Gasteiger partial charge on any atom is -0.462 e. The summed E-state index contributed by atoms with van der Waals surface area (Å²) in [6.07, 6.45) is 49.2. The normalized spacial score (nSPS) is 12.0. The summed E-state index contributed by atoms with van der Waals surface area (Å²) in [5, 5.41) is 9.55. The molecule has 0 saturated carbocycles. The van der Waals surface area contributed by atoms with Gasteiger partial charge in [0.25, 0.3) is 0 Å². The Balaban J connectivity index is 3.36. The first-order valence-corrected chi connectivity index (χ1v) is 23.1.